The normalized spacial score (nSPS) is 13.5. The number of rotatable bonds is 9. The van der Waals surface area contributed by atoms with E-state index in [4.69, 9.17) is 4.74 Å². The molecule has 0 unspecified atom stereocenters. The number of ether oxygens (including phenoxy) is 1. The molecule has 2 aliphatic heterocycles. The summed E-state index contributed by atoms with van der Waals surface area (Å²) in [5, 5.41) is 30.7. The zero-order valence-electron chi connectivity index (χ0n) is 34.7. The third-order valence-electron chi connectivity index (χ3n) is 11.0. The van der Waals surface area contributed by atoms with Crippen LogP contribution in [-0.2, 0) is 25.9 Å². The van der Waals surface area contributed by atoms with Crippen molar-refractivity contribution in [3.8, 4) is 45.3 Å². The van der Waals surface area contributed by atoms with Gasteiger partial charge in [0.1, 0.15) is 23.1 Å². The minimum absolute atomic E-state index is 0.0131. The van der Waals surface area contributed by atoms with Gasteiger partial charge in [-0.2, -0.15) is 9.97 Å². The van der Waals surface area contributed by atoms with Gasteiger partial charge in [0.25, 0.3) is 11.8 Å². The number of phenolic OH excluding ortho intramolecular Hbond substituents is 1. The highest BCUT2D eigenvalue weighted by Gasteiger charge is 2.34. The van der Waals surface area contributed by atoms with Gasteiger partial charge in [0.15, 0.2) is 11.4 Å². The fourth-order valence-corrected chi connectivity index (χ4v) is 7.95. The van der Waals surface area contributed by atoms with E-state index >= 15 is 0 Å². The number of fused-ring (bicyclic) bond motifs is 2. The van der Waals surface area contributed by atoms with Gasteiger partial charge in [-0.25, -0.2) is 0 Å². The third kappa shape index (κ3) is 8.47. The molecule has 0 saturated carbocycles. The second-order valence-corrected chi connectivity index (χ2v) is 15.5. The van der Waals surface area contributed by atoms with Crippen LogP contribution in [0.1, 0.15) is 71.4 Å². The van der Waals surface area contributed by atoms with Crippen molar-refractivity contribution in [2.45, 2.75) is 65.7 Å². The van der Waals surface area contributed by atoms with Crippen LogP contribution in [0.25, 0.3) is 22.3 Å². The molecule has 314 valence electrons. The van der Waals surface area contributed by atoms with Crippen LogP contribution in [0.15, 0.2) is 107 Å². The summed E-state index contributed by atoms with van der Waals surface area (Å²) in [5.74, 6) is -0.320. The van der Waals surface area contributed by atoms with Crippen LogP contribution in [0, 0.1) is 0 Å². The Labute approximate surface area is 352 Å². The average Bonchev–Trinajstić information content (AvgIpc) is 3.25. The minimum atomic E-state index is -0.823. The van der Waals surface area contributed by atoms with E-state index in [9.17, 15) is 34.5 Å². The number of aromatic nitrogens is 4. The molecule has 4 aromatic carbocycles. The lowest BCUT2D eigenvalue weighted by Gasteiger charge is -2.34. The number of aromatic hydroxyl groups is 3. The molecule has 0 saturated heterocycles. The summed E-state index contributed by atoms with van der Waals surface area (Å²) in [6.07, 6.45) is 0.551. The maximum atomic E-state index is 13.0. The van der Waals surface area contributed by atoms with Crippen molar-refractivity contribution >= 4 is 11.8 Å². The minimum Gasteiger partial charge on any atom is -0.508 e. The van der Waals surface area contributed by atoms with Gasteiger partial charge in [0.05, 0.1) is 7.11 Å². The largest absolute Gasteiger partial charge is 0.508 e. The van der Waals surface area contributed by atoms with Crippen LogP contribution >= 0.6 is 0 Å². The second-order valence-electron chi connectivity index (χ2n) is 15.5. The zero-order chi connectivity index (χ0) is 43.5. The lowest BCUT2D eigenvalue weighted by molar-refractivity contribution is 0.0629. The van der Waals surface area contributed by atoms with Crippen LogP contribution in [0.3, 0.4) is 0 Å². The molecule has 6 aromatic rings. The van der Waals surface area contributed by atoms with E-state index in [1.807, 2.05) is 113 Å². The van der Waals surface area contributed by atoms with Gasteiger partial charge >= 0.3 is 11.1 Å². The molecule has 8 rings (SSSR count). The van der Waals surface area contributed by atoms with E-state index in [0.29, 0.717) is 50.0 Å². The molecule has 61 heavy (non-hydrogen) atoms. The van der Waals surface area contributed by atoms with Crippen LogP contribution in [-0.4, -0.2) is 88.3 Å². The highest BCUT2D eigenvalue weighted by Crippen LogP contribution is 2.32. The quantitative estimate of drug-likeness (QED) is 0.160. The highest BCUT2D eigenvalue weighted by molar-refractivity contribution is 5.96. The first-order valence-corrected chi connectivity index (χ1v) is 20.1. The molecule has 2 aliphatic rings. The molecule has 0 radical (unpaired) electrons. The summed E-state index contributed by atoms with van der Waals surface area (Å²) in [4.78, 5) is 62.1. The molecular formula is C47H48N6O8. The second kappa shape index (κ2) is 17.6. The number of nitrogens with zero attached hydrogens (tertiary/aromatic N) is 6. The first-order chi connectivity index (χ1) is 29.3. The molecule has 0 fully saturated rings. The molecule has 0 aliphatic carbocycles. The molecule has 0 atom stereocenters. The standard InChI is InChI=1S/C24H25N3O4.C23H23N3O4/c1-15(2)26-11-12-27-20(25-23(29)22(28)21(27)24(26)30)14-17-13-18(31-3)9-10-19(17)16-7-5-4-6-8-16;1-14(2)25-10-11-26-19(24-22(29)21(28)20(26)23(25)30)13-16-12-17(27)8-9-18(16)15-6-4-3-5-7-15/h4-10,13,15,28H,11-12,14H2,1-3H3;3-9,12,14,27-28H,10-11,13H2,1-2H3. The number of carbonyl (C=O) groups is 2. The fraction of sp³-hybridized carbons (Fsp3) is 0.277. The van der Waals surface area contributed by atoms with Crippen LogP contribution in [0.5, 0.6) is 23.0 Å². The molecular weight excluding hydrogens is 777 g/mol. The van der Waals surface area contributed by atoms with Crippen molar-refractivity contribution in [3.05, 3.63) is 152 Å². The van der Waals surface area contributed by atoms with E-state index in [1.54, 1.807) is 38.2 Å². The van der Waals surface area contributed by atoms with Crippen molar-refractivity contribution in [2.75, 3.05) is 20.2 Å². The maximum Gasteiger partial charge on any atom is 0.315 e. The summed E-state index contributed by atoms with van der Waals surface area (Å²) in [6.45, 7) is 9.44. The maximum absolute atomic E-state index is 13.0. The van der Waals surface area contributed by atoms with E-state index in [-0.39, 0.29) is 47.5 Å². The van der Waals surface area contributed by atoms with Gasteiger partial charge in [0.2, 0.25) is 11.5 Å². The molecule has 14 nitrogen and oxygen atoms in total. The smallest absolute Gasteiger partial charge is 0.315 e. The summed E-state index contributed by atoms with van der Waals surface area (Å²) in [5.41, 5.74) is 3.95. The Morgan fingerprint density at radius 2 is 1.00 bits per heavy atom. The third-order valence-corrected chi connectivity index (χ3v) is 11.0. The Bertz CT molecular complexity index is 2730. The highest BCUT2D eigenvalue weighted by atomic mass is 16.5. The molecule has 0 bridgehead atoms. The first-order valence-electron chi connectivity index (χ1n) is 20.1. The van der Waals surface area contributed by atoms with Crippen molar-refractivity contribution in [2.24, 2.45) is 0 Å². The first kappa shape index (κ1) is 41.9. The van der Waals surface area contributed by atoms with Gasteiger partial charge in [-0.15, -0.1) is 0 Å². The molecule has 2 amide bonds. The van der Waals surface area contributed by atoms with Crippen molar-refractivity contribution in [1.82, 2.24) is 28.9 Å². The van der Waals surface area contributed by atoms with Gasteiger partial charge < -0.3 is 39.0 Å². The molecule has 14 heteroatoms. The Morgan fingerprint density at radius 1 is 0.574 bits per heavy atom. The summed E-state index contributed by atoms with van der Waals surface area (Å²) in [6, 6.07) is 30.4. The summed E-state index contributed by atoms with van der Waals surface area (Å²) in [7, 11) is 1.60. The van der Waals surface area contributed by atoms with Crippen molar-refractivity contribution < 1.29 is 29.6 Å². The van der Waals surface area contributed by atoms with Gasteiger partial charge in [-0.3, -0.25) is 19.2 Å². The van der Waals surface area contributed by atoms with E-state index < -0.39 is 22.6 Å². The van der Waals surface area contributed by atoms with E-state index in [1.165, 1.54) is 0 Å². The molecule has 0 spiro atoms. The molecule has 4 heterocycles. The van der Waals surface area contributed by atoms with Crippen LogP contribution in [0.2, 0.25) is 0 Å². The Morgan fingerprint density at radius 3 is 1.43 bits per heavy atom. The number of hydrogen-bond acceptors (Lipinski definition) is 10. The van der Waals surface area contributed by atoms with E-state index in [2.05, 4.69) is 9.97 Å². The predicted octanol–water partition coefficient (Wildman–Crippen LogP) is 5.86. The fourth-order valence-electron chi connectivity index (χ4n) is 7.95. The average molecular weight is 825 g/mol. The topological polar surface area (TPSA) is 180 Å². The lowest BCUT2D eigenvalue weighted by Crippen LogP contribution is -2.46. The monoisotopic (exact) mass is 824 g/mol. The number of phenols is 1. The summed E-state index contributed by atoms with van der Waals surface area (Å²) >= 11 is 0. The Kier molecular flexibility index (Phi) is 12.1. The van der Waals surface area contributed by atoms with Crippen LogP contribution in [0.4, 0.5) is 0 Å². The SMILES string of the molecule is CC(C)N1CCn2c(Cc3cc(O)ccc3-c3ccccc3)nc(=O)c(O)c2C1=O.COc1ccc(-c2ccccc2)c(Cc2nc(=O)c(O)c3n2CCN(C(C)C)C3=O)c1. The number of hydrogen-bond donors (Lipinski definition) is 3. The van der Waals surface area contributed by atoms with Crippen molar-refractivity contribution in [3.63, 3.8) is 0 Å². The van der Waals surface area contributed by atoms with Crippen molar-refractivity contribution in [1.29, 1.82) is 0 Å². The Balaban J connectivity index is 0.000000184. The number of amides is 2. The number of benzene rings is 4. The van der Waals surface area contributed by atoms with Crippen LogP contribution < -0.4 is 15.9 Å². The predicted molar refractivity (Wildman–Crippen MR) is 230 cm³/mol. The van der Waals surface area contributed by atoms with Gasteiger partial charge in [-0.05, 0) is 85.3 Å². The number of carbonyl (C=O) groups excluding carboxylic acids is 2. The Hall–Kier alpha value is -7.22. The number of methoxy groups -OCH3 is 1. The lowest BCUT2D eigenvalue weighted by atomic mass is 9.97. The molecule has 2 aromatic heterocycles. The zero-order valence-corrected chi connectivity index (χ0v) is 34.7. The van der Waals surface area contributed by atoms with E-state index in [0.717, 1.165) is 33.4 Å². The molecule has 3 N–H and O–H groups in total. The van der Waals surface area contributed by atoms with Gasteiger partial charge in [0, 0.05) is 51.1 Å². The van der Waals surface area contributed by atoms with Gasteiger partial charge in [-0.1, -0.05) is 72.8 Å². The summed E-state index contributed by atoms with van der Waals surface area (Å²) < 4.78 is 8.70.